The minimum Gasteiger partial charge on any atom is -0.481 e. The number of nitrogens with two attached hydrogens (primary N) is 1. The van der Waals surface area contributed by atoms with Crippen molar-refractivity contribution in [3.63, 3.8) is 0 Å². The van der Waals surface area contributed by atoms with Gasteiger partial charge in [0.1, 0.15) is 0 Å². The molecule has 98 valence electrons. The van der Waals surface area contributed by atoms with Gasteiger partial charge in [0.15, 0.2) is 0 Å². The lowest BCUT2D eigenvalue weighted by Crippen LogP contribution is -2.36. The number of carbonyl (C=O) groups excluding carboxylic acids is 1. The number of nitrogens with one attached hydrogen (secondary N) is 1. The van der Waals surface area contributed by atoms with Gasteiger partial charge in [-0.25, -0.2) is 0 Å². The molecule has 0 saturated heterocycles. The van der Waals surface area contributed by atoms with Gasteiger partial charge in [0, 0.05) is 17.3 Å². The molecule has 1 aromatic carbocycles. The summed E-state index contributed by atoms with van der Waals surface area (Å²) in [6, 6.07) is 4.74. The van der Waals surface area contributed by atoms with Crippen LogP contribution in [0.3, 0.4) is 0 Å². The molecule has 5 heteroatoms. The van der Waals surface area contributed by atoms with Crippen LogP contribution < -0.4 is 11.1 Å². The van der Waals surface area contributed by atoms with Gasteiger partial charge in [-0.2, -0.15) is 0 Å². The fourth-order valence-corrected chi connectivity index (χ4v) is 1.67. The molecule has 0 heterocycles. The lowest BCUT2D eigenvalue weighted by Gasteiger charge is -2.16. The summed E-state index contributed by atoms with van der Waals surface area (Å²) in [7, 11) is 0. The Balaban J connectivity index is 2.81. The number of carbonyl (C=O) groups is 2. The summed E-state index contributed by atoms with van der Waals surface area (Å²) in [5.41, 5.74) is 7.47. The molecule has 0 saturated carbocycles. The minimum atomic E-state index is -0.925. The molecule has 5 nitrogen and oxygen atoms in total. The third kappa shape index (κ3) is 3.48. The molecule has 0 aliphatic heterocycles. The van der Waals surface area contributed by atoms with Gasteiger partial charge < -0.3 is 16.2 Å². The number of rotatable bonds is 5. The predicted octanol–water partition coefficient (Wildman–Crippen LogP) is 1.56. The van der Waals surface area contributed by atoms with E-state index in [0.717, 1.165) is 0 Å². The van der Waals surface area contributed by atoms with E-state index in [1.165, 1.54) is 0 Å². The number of carboxylic acids is 1. The van der Waals surface area contributed by atoms with Crippen molar-refractivity contribution >= 4 is 17.6 Å². The Morgan fingerprint density at radius 3 is 2.67 bits per heavy atom. The van der Waals surface area contributed by atoms with E-state index in [1.54, 1.807) is 25.1 Å². The molecule has 0 aromatic heterocycles. The number of anilines is 1. The Bertz CT molecular complexity index is 458. The number of aliphatic carboxylic acids is 1. The molecule has 0 fully saturated rings. The Labute approximate surface area is 106 Å². The molecule has 18 heavy (non-hydrogen) atoms. The van der Waals surface area contributed by atoms with Gasteiger partial charge in [-0.15, -0.1) is 0 Å². The average molecular weight is 250 g/mol. The minimum absolute atomic E-state index is 0.0798. The summed E-state index contributed by atoms with van der Waals surface area (Å²) in [4.78, 5) is 22.6. The first-order valence-corrected chi connectivity index (χ1v) is 5.83. The van der Waals surface area contributed by atoms with Crippen LogP contribution in [0.1, 0.15) is 35.7 Å². The second-order valence-corrected chi connectivity index (χ2v) is 4.20. The fourth-order valence-electron chi connectivity index (χ4n) is 1.67. The molecule has 0 bridgehead atoms. The Kier molecular flexibility index (Phi) is 4.71. The van der Waals surface area contributed by atoms with Crippen LogP contribution in [0.15, 0.2) is 18.2 Å². The highest BCUT2D eigenvalue weighted by molar-refractivity contribution is 5.97. The normalized spacial score (nSPS) is 11.9. The predicted molar refractivity (Wildman–Crippen MR) is 69.4 cm³/mol. The van der Waals surface area contributed by atoms with Gasteiger partial charge in [-0.3, -0.25) is 9.59 Å². The second-order valence-electron chi connectivity index (χ2n) is 4.20. The van der Waals surface area contributed by atoms with Crippen molar-refractivity contribution < 1.29 is 14.7 Å². The maximum Gasteiger partial charge on any atom is 0.305 e. The van der Waals surface area contributed by atoms with Crippen molar-refractivity contribution in [1.29, 1.82) is 0 Å². The molecule has 0 spiro atoms. The first-order valence-electron chi connectivity index (χ1n) is 5.83. The second kappa shape index (κ2) is 6.05. The van der Waals surface area contributed by atoms with Crippen molar-refractivity contribution in [3.05, 3.63) is 29.3 Å². The number of carboxylic acid groups (broad SMARTS) is 1. The van der Waals surface area contributed by atoms with Crippen molar-refractivity contribution in [2.24, 2.45) is 0 Å². The summed E-state index contributed by atoms with van der Waals surface area (Å²) in [5.74, 6) is -1.21. The van der Waals surface area contributed by atoms with Crippen molar-refractivity contribution in [1.82, 2.24) is 5.32 Å². The average Bonchev–Trinajstić information content (AvgIpc) is 2.31. The van der Waals surface area contributed by atoms with Crippen LogP contribution in [-0.2, 0) is 4.79 Å². The van der Waals surface area contributed by atoms with Crippen molar-refractivity contribution in [2.75, 3.05) is 5.73 Å². The molecule has 1 atom stereocenters. The summed E-state index contributed by atoms with van der Waals surface area (Å²) in [5, 5.41) is 11.4. The number of hydrogen-bond donors (Lipinski definition) is 3. The lowest BCUT2D eigenvalue weighted by atomic mass is 10.0. The zero-order valence-electron chi connectivity index (χ0n) is 10.6. The smallest absolute Gasteiger partial charge is 0.305 e. The Hall–Kier alpha value is -2.04. The summed E-state index contributed by atoms with van der Waals surface area (Å²) in [6.45, 7) is 3.60. The van der Waals surface area contributed by atoms with Crippen LogP contribution in [0.5, 0.6) is 0 Å². The Morgan fingerprint density at radius 1 is 1.44 bits per heavy atom. The fraction of sp³-hybridized carbons (Fsp3) is 0.385. The van der Waals surface area contributed by atoms with E-state index >= 15 is 0 Å². The summed E-state index contributed by atoms with van der Waals surface area (Å²) >= 11 is 0. The number of benzene rings is 1. The van der Waals surface area contributed by atoms with E-state index in [9.17, 15) is 9.59 Å². The van der Waals surface area contributed by atoms with Crippen molar-refractivity contribution in [2.45, 2.75) is 32.7 Å². The van der Waals surface area contributed by atoms with Crippen LogP contribution in [-0.4, -0.2) is 23.0 Å². The van der Waals surface area contributed by atoms with E-state index < -0.39 is 5.97 Å². The Morgan fingerprint density at radius 2 is 2.11 bits per heavy atom. The summed E-state index contributed by atoms with van der Waals surface area (Å²) in [6.07, 6.45) is 0.489. The molecule has 0 aliphatic rings. The molecule has 1 unspecified atom stereocenters. The zero-order valence-corrected chi connectivity index (χ0v) is 10.6. The highest BCUT2D eigenvalue weighted by atomic mass is 16.4. The van der Waals surface area contributed by atoms with Gasteiger partial charge in [-0.1, -0.05) is 13.0 Å². The zero-order chi connectivity index (χ0) is 13.7. The molecule has 0 aliphatic carbocycles. The molecule has 1 rings (SSSR count). The van der Waals surface area contributed by atoms with Crippen LogP contribution in [0, 0.1) is 6.92 Å². The van der Waals surface area contributed by atoms with E-state index in [0.29, 0.717) is 23.2 Å². The van der Waals surface area contributed by atoms with Gasteiger partial charge in [-0.05, 0) is 31.0 Å². The molecular formula is C13H18N2O3. The van der Waals surface area contributed by atoms with E-state index in [4.69, 9.17) is 10.8 Å². The molecule has 0 radical (unpaired) electrons. The SMILES string of the molecule is CCC(CC(=O)O)NC(=O)c1cccc(N)c1C. The largest absolute Gasteiger partial charge is 0.481 e. The number of hydrogen-bond acceptors (Lipinski definition) is 3. The van der Waals surface area contributed by atoms with Crippen molar-refractivity contribution in [3.8, 4) is 0 Å². The molecular weight excluding hydrogens is 232 g/mol. The highest BCUT2D eigenvalue weighted by Gasteiger charge is 2.16. The maximum absolute atomic E-state index is 12.0. The maximum atomic E-state index is 12.0. The summed E-state index contributed by atoms with van der Waals surface area (Å²) < 4.78 is 0. The van der Waals surface area contributed by atoms with Gasteiger partial charge in [0.25, 0.3) is 5.91 Å². The standard InChI is InChI=1S/C13H18N2O3/c1-3-9(7-12(16)17)15-13(18)10-5-4-6-11(14)8(10)2/h4-6,9H,3,7,14H2,1-2H3,(H,15,18)(H,16,17). The third-order valence-corrected chi connectivity index (χ3v) is 2.87. The van der Waals surface area contributed by atoms with Crippen LogP contribution in [0.2, 0.25) is 0 Å². The van der Waals surface area contributed by atoms with Gasteiger partial charge in [0.05, 0.1) is 6.42 Å². The number of nitrogen functional groups attached to an aromatic ring is 1. The topological polar surface area (TPSA) is 92.4 Å². The van der Waals surface area contributed by atoms with Crippen LogP contribution >= 0.6 is 0 Å². The van der Waals surface area contributed by atoms with E-state index in [-0.39, 0.29) is 18.4 Å². The lowest BCUT2D eigenvalue weighted by molar-refractivity contribution is -0.137. The monoisotopic (exact) mass is 250 g/mol. The molecule has 1 amide bonds. The van der Waals surface area contributed by atoms with Gasteiger partial charge >= 0.3 is 5.97 Å². The quantitative estimate of drug-likeness (QED) is 0.691. The van der Waals surface area contributed by atoms with E-state index in [2.05, 4.69) is 5.32 Å². The van der Waals surface area contributed by atoms with Crippen LogP contribution in [0.25, 0.3) is 0 Å². The first kappa shape index (κ1) is 14.0. The number of amides is 1. The van der Waals surface area contributed by atoms with E-state index in [1.807, 2.05) is 6.92 Å². The van der Waals surface area contributed by atoms with Gasteiger partial charge in [0.2, 0.25) is 0 Å². The van der Waals surface area contributed by atoms with Crippen LogP contribution in [0.4, 0.5) is 5.69 Å². The molecule has 1 aromatic rings. The first-order chi connectivity index (χ1) is 8.45. The molecule has 4 N–H and O–H groups in total. The highest BCUT2D eigenvalue weighted by Crippen LogP contribution is 2.15. The third-order valence-electron chi connectivity index (χ3n) is 2.87.